The minimum Gasteiger partial charge on any atom is -0.346 e. The van der Waals surface area contributed by atoms with Crippen molar-refractivity contribution >= 4 is 29.4 Å². The Morgan fingerprint density at radius 3 is 2.32 bits per heavy atom. The van der Waals surface area contributed by atoms with E-state index in [9.17, 15) is 24.0 Å². The second kappa shape index (κ2) is 13.2. The van der Waals surface area contributed by atoms with Gasteiger partial charge in [-0.1, -0.05) is 70.4 Å². The standard InChI is InChI=1S/C35H48N4O5/c1-5-11-26(31(41)33(43)36-16-6-2)37-32(42)30-28-25(35(28,3)4)20-39(30)34(44)29(38-27(40)17-21-12-7-8-13-21)24-18-22-14-9-10-15-23(22)19-24/h6,9-10,14-15,21,24-26,28-30H,2,5,7-8,11-13,16-20H2,1,3-4H3,(H,36,43)(H,37,42)(H,38,40)/t25-,26?,28-,29+,30+/m1/s1. The average molecular weight is 605 g/mol. The van der Waals surface area contributed by atoms with Crippen LogP contribution < -0.4 is 16.0 Å². The van der Waals surface area contributed by atoms with Gasteiger partial charge in [0.25, 0.3) is 5.91 Å². The van der Waals surface area contributed by atoms with E-state index in [2.05, 4.69) is 48.5 Å². The number of carbonyl (C=O) groups excluding carboxylic acids is 5. The molecule has 1 unspecified atom stereocenters. The van der Waals surface area contributed by atoms with Crippen LogP contribution in [0, 0.1) is 29.1 Å². The monoisotopic (exact) mass is 604 g/mol. The normalized spacial score (nSPS) is 25.0. The molecule has 0 bridgehead atoms. The highest BCUT2D eigenvalue weighted by molar-refractivity contribution is 6.38. The number of piperidine rings is 1. The highest BCUT2D eigenvalue weighted by Crippen LogP contribution is 2.65. The van der Waals surface area contributed by atoms with Crippen molar-refractivity contribution in [2.75, 3.05) is 13.1 Å². The molecule has 1 aliphatic heterocycles. The molecule has 1 aromatic rings. The summed E-state index contributed by atoms with van der Waals surface area (Å²) in [6, 6.07) is 5.65. The Morgan fingerprint density at radius 2 is 1.70 bits per heavy atom. The van der Waals surface area contributed by atoms with Gasteiger partial charge in [0.15, 0.2) is 0 Å². The van der Waals surface area contributed by atoms with Crippen LogP contribution in [0.5, 0.6) is 0 Å². The Kier molecular flexibility index (Phi) is 9.61. The van der Waals surface area contributed by atoms with Crippen LogP contribution in [-0.4, -0.2) is 65.5 Å². The molecule has 4 amide bonds. The lowest BCUT2D eigenvalue weighted by Gasteiger charge is -2.35. The summed E-state index contributed by atoms with van der Waals surface area (Å²) in [5.74, 6) is -1.88. The quantitative estimate of drug-likeness (QED) is 0.236. The highest BCUT2D eigenvalue weighted by Gasteiger charge is 2.69. The lowest BCUT2D eigenvalue weighted by atomic mass is 9.92. The first kappa shape index (κ1) is 31.9. The van der Waals surface area contributed by atoms with Gasteiger partial charge >= 0.3 is 0 Å². The van der Waals surface area contributed by atoms with Crippen LogP contribution in [0.2, 0.25) is 0 Å². The van der Waals surface area contributed by atoms with E-state index in [1.807, 2.05) is 19.1 Å². The Bertz CT molecular complexity index is 1280. The van der Waals surface area contributed by atoms with Crippen LogP contribution in [0.15, 0.2) is 36.9 Å². The van der Waals surface area contributed by atoms with E-state index in [1.54, 1.807) is 4.90 Å². The van der Waals surface area contributed by atoms with Gasteiger partial charge in [-0.25, -0.2) is 0 Å². The summed E-state index contributed by atoms with van der Waals surface area (Å²) in [5.41, 5.74) is 2.25. The number of nitrogens with zero attached hydrogens (tertiary/aromatic N) is 1. The highest BCUT2D eigenvalue weighted by atomic mass is 16.2. The smallest absolute Gasteiger partial charge is 0.289 e. The zero-order valence-electron chi connectivity index (χ0n) is 26.4. The van der Waals surface area contributed by atoms with Gasteiger partial charge in [-0.2, -0.15) is 0 Å². The van der Waals surface area contributed by atoms with E-state index < -0.39 is 35.7 Å². The van der Waals surface area contributed by atoms with E-state index in [-0.39, 0.29) is 41.5 Å². The SMILES string of the molecule is C=CCNC(=O)C(=O)C(CCC)NC(=O)[C@@H]1[C@H]2[C@@H](CN1C(=O)[C@@H](NC(=O)CC1CCCC1)C1Cc3ccccc3C1)C2(C)C. The molecule has 5 atom stereocenters. The predicted octanol–water partition coefficient (Wildman–Crippen LogP) is 3.11. The first-order chi connectivity index (χ1) is 21.1. The molecular formula is C35H48N4O5. The molecule has 0 spiro atoms. The molecule has 4 aliphatic rings. The summed E-state index contributed by atoms with van der Waals surface area (Å²) < 4.78 is 0. The van der Waals surface area contributed by atoms with Crippen molar-refractivity contribution in [1.29, 1.82) is 0 Å². The molecule has 3 fully saturated rings. The number of hydrogen-bond acceptors (Lipinski definition) is 5. The van der Waals surface area contributed by atoms with Crippen LogP contribution in [0.25, 0.3) is 0 Å². The Hall–Kier alpha value is -3.49. The maximum Gasteiger partial charge on any atom is 0.289 e. The first-order valence-corrected chi connectivity index (χ1v) is 16.5. The number of benzene rings is 1. The number of Topliss-reactive ketones (excluding diaryl/α,β-unsaturated/α-hetero) is 1. The van der Waals surface area contributed by atoms with Crippen molar-refractivity contribution < 1.29 is 24.0 Å². The van der Waals surface area contributed by atoms with Crippen LogP contribution in [0.3, 0.4) is 0 Å². The van der Waals surface area contributed by atoms with Gasteiger partial charge in [0, 0.05) is 19.5 Å². The predicted molar refractivity (Wildman–Crippen MR) is 167 cm³/mol. The molecular weight excluding hydrogens is 556 g/mol. The van der Waals surface area contributed by atoms with E-state index in [0.717, 1.165) is 25.7 Å². The topological polar surface area (TPSA) is 125 Å². The molecule has 3 aliphatic carbocycles. The number of amides is 4. The molecule has 0 aromatic heterocycles. The third-order valence-corrected chi connectivity index (χ3v) is 10.7. The zero-order chi connectivity index (χ0) is 31.6. The van der Waals surface area contributed by atoms with Crippen molar-refractivity contribution in [3.05, 3.63) is 48.0 Å². The van der Waals surface area contributed by atoms with Gasteiger partial charge in [-0.3, -0.25) is 24.0 Å². The van der Waals surface area contributed by atoms with Gasteiger partial charge in [0.2, 0.25) is 23.5 Å². The molecule has 1 saturated heterocycles. The van der Waals surface area contributed by atoms with E-state index in [0.29, 0.717) is 44.6 Å². The van der Waals surface area contributed by atoms with Gasteiger partial charge < -0.3 is 20.9 Å². The molecule has 238 valence electrons. The number of ketones is 1. The molecule has 0 radical (unpaired) electrons. The number of hydrogen-bond donors (Lipinski definition) is 3. The lowest BCUT2D eigenvalue weighted by Crippen LogP contribution is -2.59. The third-order valence-electron chi connectivity index (χ3n) is 10.7. The second-order valence-electron chi connectivity index (χ2n) is 13.9. The van der Waals surface area contributed by atoms with Crippen LogP contribution >= 0.6 is 0 Å². The number of fused-ring (bicyclic) bond motifs is 2. The summed E-state index contributed by atoms with van der Waals surface area (Å²) in [7, 11) is 0. The van der Waals surface area contributed by atoms with Gasteiger partial charge in [0.05, 0.1) is 6.04 Å². The maximum absolute atomic E-state index is 14.5. The summed E-state index contributed by atoms with van der Waals surface area (Å²) >= 11 is 0. The first-order valence-electron chi connectivity index (χ1n) is 16.5. The van der Waals surface area contributed by atoms with Crippen molar-refractivity contribution in [1.82, 2.24) is 20.9 Å². The van der Waals surface area contributed by atoms with Gasteiger partial charge in [0.1, 0.15) is 12.1 Å². The number of carbonyl (C=O) groups is 5. The van der Waals surface area contributed by atoms with E-state index in [4.69, 9.17) is 0 Å². The minimum absolute atomic E-state index is 0.0611. The fourth-order valence-corrected chi connectivity index (χ4v) is 8.14. The molecule has 1 aromatic carbocycles. The van der Waals surface area contributed by atoms with Crippen molar-refractivity contribution in [3.8, 4) is 0 Å². The fraction of sp³-hybridized carbons (Fsp3) is 0.629. The summed E-state index contributed by atoms with van der Waals surface area (Å²) in [5, 5.41) is 8.50. The molecule has 44 heavy (non-hydrogen) atoms. The Labute approximate surface area is 261 Å². The largest absolute Gasteiger partial charge is 0.346 e. The number of nitrogens with one attached hydrogen (secondary N) is 3. The van der Waals surface area contributed by atoms with Crippen molar-refractivity contribution in [2.24, 2.45) is 29.1 Å². The van der Waals surface area contributed by atoms with E-state index in [1.165, 1.54) is 17.2 Å². The summed E-state index contributed by atoms with van der Waals surface area (Å²) in [4.78, 5) is 68.9. The zero-order valence-corrected chi connectivity index (χ0v) is 26.4. The summed E-state index contributed by atoms with van der Waals surface area (Å²) in [6.07, 6.45) is 8.53. The summed E-state index contributed by atoms with van der Waals surface area (Å²) in [6.45, 7) is 10.2. The molecule has 2 saturated carbocycles. The van der Waals surface area contributed by atoms with Crippen LogP contribution in [0.4, 0.5) is 0 Å². The molecule has 9 nitrogen and oxygen atoms in total. The maximum atomic E-state index is 14.5. The van der Waals surface area contributed by atoms with Gasteiger partial charge in [-0.05, 0) is 72.3 Å². The fourth-order valence-electron chi connectivity index (χ4n) is 8.14. The number of rotatable bonds is 13. The van der Waals surface area contributed by atoms with E-state index >= 15 is 0 Å². The third kappa shape index (κ3) is 6.47. The Balaban J connectivity index is 1.36. The van der Waals surface area contributed by atoms with Crippen molar-refractivity contribution in [3.63, 3.8) is 0 Å². The van der Waals surface area contributed by atoms with Crippen molar-refractivity contribution in [2.45, 2.75) is 96.7 Å². The number of likely N-dealkylation sites (tertiary alicyclic amines) is 1. The molecule has 5 rings (SSSR count). The molecule has 3 N–H and O–H groups in total. The van der Waals surface area contributed by atoms with Crippen LogP contribution in [-0.2, 0) is 36.8 Å². The molecule has 1 heterocycles. The molecule has 9 heteroatoms. The van der Waals surface area contributed by atoms with Crippen LogP contribution in [0.1, 0.15) is 76.8 Å². The second-order valence-corrected chi connectivity index (χ2v) is 13.9. The average Bonchev–Trinajstić information content (AvgIpc) is 3.57. The minimum atomic E-state index is -0.985. The van der Waals surface area contributed by atoms with Gasteiger partial charge in [-0.15, -0.1) is 6.58 Å². The Morgan fingerprint density at radius 1 is 1.05 bits per heavy atom. The lowest BCUT2D eigenvalue weighted by molar-refractivity contribution is -0.145.